The van der Waals surface area contributed by atoms with Gasteiger partial charge in [0.25, 0.3) is 5.91 Å². The van der Waals surface area contributed by atoms with Crippen molar-refractivity contribution in [1.29, 1.82) is 0 Å². The molecule has 0 atom stereocenters. The first kappa shape index (κ1) is 19.8. The zero-order valence-electron chi connectivity index (χ0n) is 16.0. The van der Waals surface area contributed by atoms with Gasteiger partial charge in [0.2, 0.25) is 0 Å². The first-order valence-electron chi connectivity index (χ1n) is 10.1. The van der Waals surface area contributed by atoms with Crippen molar-refractivity contribution in [1.82, 2.24) is 9.80 Å². The Morgan fingerprint density at radius 1 is 0.893 bits per heavy atom. The van der Waals surface area contributed by atoms with E-state index in [1.54, 1.807) is 18.2 Å². The van der Waals surface area contributed by atoms with E-state index in [9.17, 15) is 4.79 Å². The van der Waals surface area contributed by atoms with Gasteiger partial charge in [-0.2, -0.15) is 0 Å². The molecule has 2 aromatic carbocycles. The fourth-order valence-corrected chi connectivity index (χ4v) is 5.03. The van der Waals surface area contributed by atoms with Crippen molar-refractivity contribution in [3.05, 3.63) is 69.7 Å². The highest BCUT2D eigenvalue weighted by Crippen LogP contribution is 2.42. The molecule has 1 spiro atoms. The third-order valence-corrected chi connectivity index (χ3v) is 6.99. The molecule has 5 heteroatoms. The third-order valence-electron chi connectivity index (χ3n) is 6.44. The third kappa shape index (κ3) is 4.37. The second-order valence-electron chi connectivity index (χ2n) is 8.18. The Hall–Kier alpha value is -1.55. The zero-order chi connectivity index (χ0) is 19.6. The Balaban J connectivity index is 1.31. The minimum absolute atomic E-state index is 0.0260. The van der Waals surface area contributed by atoms with Gasteiger partial charge >= 0.3 is 0 Å². The van der Waals surface area contributed by atoms with E-state index in [0.29, 0.717) is 21.0 Å². The van der Waals surface area contributed by atoms with Crippen molar-refractivity contribution < 1.29 is 4.79 Å². The minimum atomic E-state index is 0.0260. The largest absolute Gasteiger partial charge is 0.339 e. The van der Waals surface area contributed by atoms with Gasteiger partial charge in [-0.3, -0.25) is 9.69 Å². The topological polar surface area (TPSA) is 23.6 Å². The van der Waals surface area contributed by atoms with Crippen LogP contribution < -0.4 is 0 Å². The van der Waals surface area contributed by atoms with Crippen molar-refractivity contribution in [2.75, 3.05) is 26.2 Å². The molecule has 2 heterocycles. The molecular formula is C23H26Cl2N2O. The molecule has 3 nitrogen and oxygen atoms in total. The molecule has 4 rings (SSSR count). The molecular weight excluding hydrogens is 391 g/mol. The highest BCUT2D eigenvalue weighted by molar-refractivity contribution is 6.36. The van der Waals surface area contributed by atoms with Gasteiger partial charge in [-0.05, 0) is 68.0 Å². The van der Waals surface area contributed by atoms with Crippen LogP contribution in [0.1, 0.15) is 41.6 Å². The predicted octanol–water partition coefficient (Wildman–Crippen LogP) is 5.51. The van der Waals surface area contributed by atoms with Gasteiger partial charge in [-0.25, -0.2) is 0 Å². The van der Waals surface area contributed by atoms with Gasteiger partial charge in [0, 0.05) is 24.7 Å². The highest BCUT2D eigenvalue weighted by atomic mass is 35.5. The van der Waals surface area contributed by atoms with E-state index in [4.69, 9.17) is 23.2 Å². The monoisotopic (exact) mass is 416 g/mol. The van der Waals surface area contributed by atoms with Gasteiger partial charge in [-0.1, -0.05) is 53.5 Å². The predicted molar refractivity (Wildman–Crippen MR) is 115 cm³/mol. The van der Waals surface area contributed by atoms with Crippen molar-refractivity contribution >= 4 is 29.1 Å². The quantitative estimate of drug-likeness (QED) is 0.657. The molecule has 0 aliphatic carbocycles. The number of halogens is 2. The van der Waals surface area contributed by atoms with Gasteiger partial charge < -0.3 is 4.90 Å². The molecule has 28 heavy (non-hydrogen) atoms. The summed E-state index contributed by atoms with van der Waals surface area (Å²) in [6.07, 6.45) is 4.62. The van der Waals surface area contributed by atoms with E-state index in [1.807, 2.05) is 4.90 Å². The van der Waals surface area contributed by atoms with Crippen molar-refractivity contribution in [2.24, 2.45) is 5.41 Å². The van der Waals surface area contributed by atoms with Crippen LogP contribution in [0.2, 0.25) is 10.0 Å². The number of amides is 1. The lowest BCUT2D eigenvalue weighted by atomic mass is 9.71. The fourth-order valence-electron chi connectivity index (χ4n) is 4.54. The Morgan fingerprint density at radius 2 is 1.54 bits per heavy atom. The summed E-state index contributed by atoms with van der Waals surface area (Å²) < 4.78 is 0. The van der Waals surface area contributed by atoms with Crippen LogP contribution in [0.4, 0.5) is 0 Å². The summed E-state index contributed by atoms with van der Waals surface area (Å²) >= 11 is 12.2. The highest BCUT2D eigenvalue weighted by Gasteiger charge is 2.38. The van der Waals surface area contributed by atoms with E-state index in [-0.39, 0.29) is 5.91 Å². The second-order valence-corrected chi connectivity index (χ2v) is 9.02. The number of carbonyl (C=O) groups excluding carboxylic acids is 1. The first-order chi connectivity index (χ1) is 13.5. The number of rotatable bonds is 3. The molecule has 2 aliphatic heterocycles. The van der Waals surface area contributed by atoms with Gasteiger partial charge in [0.15, 0.2) is 0 Å². The normalized spacial score (nSPS) is 19.7. The molecule has 0 unspecified atom stereocenters. The number of benzene rings is 2. The minimum Gasteiger partial charge on any atom is -0.339 e. The molecule has 0 bridgehead atoms. The molecule has 148 valence electrons. The number of piperidine rings is 2. The Labute approximate surface area is 177 Å². The molecule has 2 aromatic rings. The van der Waals surface area contributed by atoms with E-state index in [1.165, 1.54) is 18.4 Å². The lowest BCUT2D eigenvalue weighted by Gasteiger charge is -2.47. The Morgan fingerprint density at radius 3 is 2.18 bits per heavy atom. The van der Waals surface area contributed by atoms with Crippen LogP contribution in [0.25, 0.3) is 0 Å². The smallest absolute Gasteiger partial charge is 0.255 e. The fraction of sp³-hybridized carbons (Fsp3) is 0.435. The number of hydrogen-bond acceptors (Lipinski definition) is 2. The van der Waals surface area contributed by atoms with Crippen LogP contribution in [0.3, 0.4) is 0 Å². The van der Waals surface area contributed by atoms with Crippen molar-refractivity contribution in [3.8, 4) is 0 Å². The maximum Gasteiger partial charge on any atom is 0.255 e. The van der Waals surface area contributed by atoms with Gasteiger partial charge in [0.1, 0.15) is 0 Å². The average molecular weight is 417 g/mol. The Kier molecular flexibility index (Phi) is 5.96. The summed E-state index contributed by atoms with van der Waals surface area (Å²) in [7, 11) is 0. The molecule has 2 fully saturated rings. The van der Waals surface area contributed by atoms with Crippen molar-refractivity contribution in [3.63, 3.8) is 0 Å². The first-order valence-corrected chi connectivity index (χ1v) is 10.8. The molecule has 0 saturated carbocycles. The molecule has 0 aromatic heterocycles. The summed E-state index contributed by atoms with van der Waals surface area (Å²) in [6.45, 7) is 4.96. The molecule has 0 N–H and O–H groups in total. The number of carbonyl (C=O) groups is 1. The van der Waals surface area contributed by atoms with E-state index in [0.717, 1.165) is 45.6 Å². The average Bonchev–Trinajstić information content (AvgIpc) is 2.71. The van der Waals surface area contributed by atoms with E-state index >= 15 is 0 Å². The summed E-state index contributed by atoms with van der Waals surface area (Å²) in [6, 6.07) is 15.8. The molecule has 1 amide bonds. The second kappa shape index (κ2) is 8.44. The lowest BCUT2D eigenvalue weighted by molar-refractivity contribution is 0.0285. The van der Waals surface area contributed by atoms with E-state index < -0.39 is 0 Å². The van der Waals surface area contributed by atoms with Crippen molar-refractivity contribution in [2.45, 2.75) is 32.2 Å². The standard InChI is InChI=1S/C23H26Cl2N2O/c24-19-6-7-20(21(25)16-19)22(28)27-14-10-23(11-15-27)8-12-26(13-9-23)17-18-4-2-1-3-5-18/h1-7,16H,8-15,17H2. The van der Waals surface area contributed by atoms with Crippen LogP contribution in [0, 0.1) is 5.41 Å². The summed E-state index contributed by atoms with van der Waals surface area (Å²) in [5, 5.41) is 0.994. The maximum atomic E-state index is 12.8. The van der Waals surface area contributed by atoms with Crippen LogP contribution in [0.5, 0.6) is 0 Å². The van der Waals surface area contributed by atoms with Gasteiger partial charge in [-0.15, -0.1) is 0 Å². The van der Waals surface area contributed by atoms with Crippen LogP contribution >= 0.6 is 23.2 Å². The molecule has 2 saturated heterocycles. The summed E-state index contributed by atoms with van der Waals surface area (Å²) in [5.41, 5.74) is 2.34. The van der Waals surface area contributed by atoms with Crippen LogP contribution in [-0.4, -0.2) is 41.9 Å². The number of hydrogen-bond donors (Lipinski definition) is 0. The number of nitrogens with zero attached hydrogens (tertiary/aromatic N) is 2. The zero-order valence-corrected chi connectivity index (χ0v) is 17.6. The van der Waals surface area contributed by atoms with E-state index in [2.05, 4.69) is 35.2 Å². The number of likely N-dealkylation sites (tertiary alicyclic amines) is 2. The Bertz CT molecular complexity index is 822. The van der Waals surface area contributed by atoms with Crippen LogP contribution in [0.15, 0.2) is 48.5 Å². The summed E-state index contributed by atoms with van der Waals surface area (Å²) in [4.78, 5) is 17.4. The molecule has 2 aliphatic rings. The summed E-state index contributed by atoms with van der Waals surface area (Å²) in [5.74, 6) is 0.0260. The van der Waals surface area contributed by atoms with Gasteiger partial charge in [0.05, 0.1) is 10.6 Å². The SMILES string of the molecule is O=C(c1ccc(Cl)cc1Cl)N1CCC2(CCN(Cc3ccccc3)CC2)CC1. The maximum absolute atomic E-state index is 12.8. The molecule has 0 radical (unpaired) electrons. The van der Waals surface area contributed by atoms with Crippen LogP contribution in [-0.2, 0) is 6.54 Å². The lowest BCUT2D eigenvalue weighted by Crippen LogP contribution is -2.48.